The van der Waals surface area contributed by atoms with Crippen molar-refractivity contribution >= 4 is 23.8 Å². The fourth-order valence-corrected chi connectivity index (χ4v) is 2.46. The predicted octanol–water partition coefficient (Wildman–Crippen LogP) is 2.21. The molecule has 1 unspecified atom stereocenters. The van der Waals surface area contributed by atoms with Crippen molar-refractivity contribution < 1.29 is 14.4 Å². The minimum atomic E-state index is -0.673. The van der Waals surface area contributed by atoms with E-state index in [-0.39, 0.29) is 11.8 Å². The molecule has 0 heterocycles. The van der Waals surface area contributed by atoms with Crippen molar-refractivity contribution in [1.29, 1.82) is 0 Å². The Kier molecular flexibility index (Phi) is 6.25. The van der Waals surface area contributed by atoms with Crippen LogP contribution >= 0.6 is 0 Å². The van der Waals surface area contributed by atoms with Crippen molar-refractivity contribution in [2.75, 3.05) is 26.5 Å². The number of benzene rings is 2. The number of nitrogens with zero attached hydrogens (tertiary/aromatic N) is 2. The summed E-state index contributed by atoms with van der Waals surface area (Å²) in [5, 5.41) is 2.76. The highest BCUT2D eigenvalue weighted by molar-refractivity contribution is 6.05. The monoisotopic (exact) mass is 352 g/mol. The van der Waals surface area contributed by atoms with Crippen LogP contribution in [0.4, 0.5) is 5.69 Å². The molecule has 1 radical (unpaired) electrons. The van der Waals surface area contributed by atoms with Gasteiger partial charge in [-0.25, -0.2) is 0 Å². The standard InChI is InChI=1S/C20H22N3O3/c1-14-8-10-15(11-9-14)19(25)21-17-7-5-6-16(12-17)20(26)23(4)18(13-24)22(2)3/h6-13,18H,1-4H3,(H,21,25). The molecule has 1 atom stereocenters. The maximum Gasteiger partial charge on any atom is 0.255 e. The average Bonchev–Trinajstić information content (AvgIpc) is 2.62. The molecule has 26 heavy (non-hydrogen) atoms. The molecule has 0 fully saturated rings. The van der Waals surface area contributed by atoms with E-state index in [1.165, 1.54) is 11.0 Å². The summed E-state index contributed by atoms with van der Waals surface area (Å²) in [6.07, 6.45) is 0.0262. The molecule has 6 nitrogen and oxygen atoms in total. The third kappa shape index (κ3) is 4.55. The van der Waals surface area contributed by atoms with Gasteiger partial charge in [-0.15, -0.1) is 0 Å². The van der Waals surface area contributed by atoms with Crippen LogP contribution in [0.5, 0.6) is 0 Å². The zero-order chi connectivity index (χ0) is 19.3. The first-order valence-electron chi connectivity index (χ1n) is 8.11. The molecular weight excluding hydrogens is 330 g/mol. The summed E-state index contributed by atoms with van der Waals surface area (Å²) in [6, 6.07) is 14.7. The summed E-state index contributed by atoms with van der Waals surface area (Å²) in [6.45, 7) is 1.95. The Morgan fingerprint density at radius 3 is 2.31 bits per heavy atom. The highest BCUT2D eigenvalue weighted by Gasteiger charge is 2.22. The zero-order valence-electron chi connectivity index (χ0n) is 15.3. The van der Waals surface area contributed by atoms with E-state index in [1.807, 2.05) is 19.1 Å². The molecule has 0 saturated heterocycles. The lowest BCUT2D eigenvalue weighted by molar-refractivity contribution is -0.115. The molecule has 2 amide bonds. The Bertz CT molecular complexity index is 800. The lowest BCUT2D eigenvalue weighted by Crippen LogP contribution is -2.47. The van der Waals surface area contributed by atoms with Gasteiger partial charge in [0.2, 0.25) is 0 Å². The smallest absolute Gasteiger partial charge is 0.255 e. The van der Waals surface area contributed by atoms with E-state index >= 15 is 0 Å². The second-order valence-corrected chi connectivity index (χ2v) is 6.26. The van der Waals surface area contributed by atoms with Gasteiger partial charge in [0.1, 0.15) is 6.17 Å². The number of rotatable bonds is 6. The topological polar surface area (TPSA) is 69.7 Å². The van der Waals surface area contributed by atoms with Gasteiger partial charge in [-0.2, -0.15) is 0 Å². The second kappa shape index (κ2) is 8.40. The first-order valence-corrected chi connectivity index (χ1v) is 8.11. The predicted molar refractivity (Wildman–Crippen MR) is 100 cm³/mol. The maximum absolute atomic E-state index is 12.6. The number of nitrogens with one attached hydrogen (secondary N) is 1. The number of aldehydes is 1. The summed E-state index contributed by atoms with van der Waals surface area (Å²) in [4.78, 5) is 39.1. The van der Waals surface area contributed by atoms with Crippen LogP contribution in [0.2, 0.25) is 0 Å². The Morgan fingerprint density at radius 1 is 1.08 bits per heavy atom. The maximum atomic E-state index is 12.6. The number of carbonyl (C=O) groups is 3. The minimum Gasteiger partial charge on any atom is -0.322 e. The van der Waals surface area contributed by atoms with E-state index in [4.69, 9.17) is 0 Å². The molecule has 0 saturated carbocycles. The number of hydrogen-bond acceptors (Lipinski definition) is 4. The number of amides is 2. The highest BCUT2D eigenvalue weighted by atomic mass is 16.2. The normalized spacial score (nSPS) is 11.7. The molecular formula is C20H22N3O3. The van der Waals surface area contributed by atoms with Crippen molar-refractivity contribution in [3.8, 4) is 0 Å². The van der Waals surface area contributed by atoms with Gasteiger partial charge in [0, 0.05) is 23.9 Å². The van der Waals surface area contributed by atoms with Gasteiger partial charge in [0.15, 0.2) is 6.29 Å². The molecule has 2 aromatic carbocycles. The van der Waals surface area contributed by atoms with Crippen LogP contribution in [-0.4, -0.2) is 55.2 Å². The third-order valence-electron chi connectivity index (χ3n) is 3.98. The van der Waals surface area contributed by atoms with E-state index in [1.54, 1.807) is 50.3 Å². The molecule has 0 aliphatic carbocycles. The fourth-order valence-electron chi connectivity index (χ4n) is 2.46. The number of aryl methyl sites for hydroxylation is 1. The lowest BCUT2D eigenvalue weighted by Gasteiger charge is -2.28. The molecule has 1 N–H and O–H groups in total. The molecule has 2 rings (SSSR count). The number of hydrogen-bond donors (Lipinski definition) is 1. The van der Waals surface area contributed by atoms with Gasteiger partial charge in [-0.05, 0) is 57.4 Å². The van der Waals surface area contributed by atoms with E-state index in [0.29, 0.717) is 23.1 Å². The third-order valence-corrected chi connectivity index (χ3v) is 3.98. The van der Waals surface area contributed by atoms with Crippen LogP contribution in [0.25, 0.3) is 0 Å². The number of anilines is 1. The van der Waals surface area contributed by atoms with Gasteiger partial charge in [-0.1, -0.05) is 17.7 Å². The Morgan fingerprint density at radius 2 is 1.73 bits per heavy atom. The molecule has 2 aromatic rings. The first kappa shape index (κ1) is 19.3. The minimum absolute atomic E-state index is 0.268. The Hall–Kier alpha value is -2.99. The molecule has 0 aliphatic rings. The van der Waals surface area contributed by atoms with Crippen molar-refractivity contribution in [3.63, 3.8) is 0 Å². The largest absolute Gasteiger partial charge is 0.322 e. The van der Waals surface area contributed by atoms with Gasteiger partial charge < -0.3 is 10.2 Å². The van der Waals surface area contributed by atoms with Crippen molar-refractivity contribution in [3.05, 3.63) is 65.2 Å². The zero-order valence-corrected chi connectivity index (χ0v) is 15.3. The summed E-state index contributed by atoms with van der Waals surface area (Å²) >= 11 is 0. The van der Waals surface area contributed by atoms with E-state index in [2.05, 4.69) is 11.4 Å². The summed E-state index contributed by atoms with van der Waals surface area (Å²) in [5.41, 5.74) is 2.39. The van der Waals surface area contributed by atoms with Gasteiger partial charge in [-0.3, -0.25) is 19.3 Å². The van der Waals surface area contributed by atoms with Crippen molar-refractivity contribution in [2.24, 2.45) is 0 Å². The molecule has 0 aromatic heterocycles. The van der Waals surface area contributed by atoms with Crippen LogP contribution in [0.1, 0.15) is 26.3 Å². The first-order chi connectivity index (χ1) is 12.3. The van der Waals surface area contributed by atoms with Crippen LogP contribution in [0.3, 0.4) is 0 Å². The molecule has 0 aliphatic heterocycles. The molecule has 0 spiro atoms. The van der Waals surface area contributed by atoms with Crippen LogP contribution in [0.15, 0.2) is 42.5 Å². The Labute approximate surface area is 153 Å². The molecule has 6 heteroatoms. The molecule has 0 bridgehead atoms. The van der Waals surface area contributed by atoms with Crippen molar-refractivity contribution in [1.82, 2.24) is 9.80 Å². The quantitative estimate of drug-likeness (QED) is 0.639. The van der Waals surface area contributed by atoms with E-state index in [9.17, 15) is 14.4 Å². The molecule has 135 valence electrons. The van der Waals surface area contributed by atoms with Gasteiger partial charge in [0.05, 0.1) is 0 Å². The lowest BCUT2D eigenvalue weighted by atomic mass is 10.1. The Balaban J connectivity index is 2.16. The SMILES string of the molecule is Cc1ccc(C(=O)Nc2c[c]cc(C(=O)N(C)C(C=O)N(C)C)c2)cc1. The van der Waals surface area contributed by atoms with Gasteiger partial charge >= 0.3 is 0 Å². The number of likely N-dealkylation sites (N-methyl/N-ethyl adjacent to an activating group) is 2. The average molecular weight is 352 g/mol. The van der Waals surface area contributed by atoms with E-state index in [0.717, 1.165) is 5.56 Å². The summed E-state index contributed by atoms with van der Waals surface area (Å²) < 4.78 is 0. The second-order valence-electron chi connectivity index (χ2n) is 6.26. The fraction of sp³-hybridized carbons (Fsp3) is 0.250. The van der Waals surface area contributed by atoms with Crippen LogP contribution in [0, 0.1) is 13.0 Å². The number of carbonyl (C=O) groups excluding carboxylic acids is 3. The van der Waals surface area contributed by atoms with Gasteiger partial charge in [0.25, 0.3) is 11.8 Å². The van der Waals surface area contributed by atoms with Crippen LogP contribution in [-0.2, 0) is 4.79 Å². The highest BCUT2D eigenvalue weighted by Crippen LogP contribution is 2.15. The van der Waals surface area contributed by atoms with Crippen LogP contribution < -0.4 is 5.32 Å². The van der Waals surface area contributed by atoms with Crippen molar-refractivity contribution in [2.45, 2.75) is 13.1 Å². The van der Waals surface area contributed by atoms with E-state index < -0.39 is 6.17 Å². The summed E-state index contributed by atoms with van der Waals surface area (Å²) in [5.74, 6) is -0.603. The summed E-state index contributed by atoms with van der Waals surface area (Å²) in [7, 11) is 4.99.